The second-order valence-electron chi connectivity index (χ2n) is 18.5. The van der Waals surface area contributed by atoms with E-state index in [0.717, 1.165) is 9.75 Å². The monoisotopic (exact) mass is 1190 g/mol. The van der Waals surface area contributed by atoms with E-state index in [1.165, 1.54) is 48.9 Å². The van der Waals surface area contributed by atoms with Crippen molar-refractivity contribution in [2.24, 2.45) is 0 Å². The van der Waals surface area contributed by atoms with Crippen LogP contribution in [0.4, 0.5) is 0 Å². The van der Waals surface area contributed by atoms with Crippen molar-refractivity contribution in [1.29, 1.82) is 10.5 Å². The molecule has 2 N–H and O–H groups in total. The van der Waals surface area contributed by atoms with E-state index in [-0.39, 0.29) is 172 Å². The van der Waals surface area contributed by atoms with E-state index in [2.05, 4.69) is 33.4 Å². The normalized spacial score (nSPS) is 12.8. The van der Waals surface area contributed by atoms with Crippen LogP contribution in [-0.2, 0) is 0 Å². The molecule has 4 heterocycles. The van der Waals surface area contributed by atoms with Gasteiger partial charge in [0.05, 0.1) is 35.1 Å². The number of carbonyl (C=O) groups excluding carboxylic acids is 8. The summed E-state index contributed by atoms with van der Waals surface area (Å²) in [6.07, 6.45) is 1.34. The first kappa shape index (κ1) is 52.1. The van der Waals surface area contributed by atoms with E-state index < -0.39 is 35.4 Å². The molecule has 18 heteroatoms. The smallest absolute Gasteiger partial charge is 0.652 e. The van der Waals surface area contributed by atoms with Gasteiger partial charge in [-0.25, -0.2) is 0 Å². The van der Waals surface area contributed by atoms with Crippen molar-refractivity contribution in [1.82, 2.24) is 10.6 Å². The van der Waals surface area contributed by atoms with Gasteiger partial charge in [0, 0.05) is 118 Å². The number of carbonyl (C=O) groups is 8. The molecule has 6 amide bonds. The SMILES string of the molecule is C[N-]C(=O)c1ccc2c3c(-c4ccc(-c5ccc(-c6cc(C=O)c7c(C(=O)[N-]C)cc(C#N)c8c9ccc%10c%11c(ccc(c6c78)c%119)C(=O)NC%10=O)s5)s4)cc4c5c(cc(C#N)c(c6ccc(C=O)c1c62)c53)C(=O)NC4=O.[Rb+].[Rb+]. The van der Waals surface area contributed by atoms with E-state index in [1.807, 2.05) is 24.3 Å². The molecule has 0 radical (unpaired) electrons. The van der Waals surface area contributed by atoms with Crippen molar-refractivity contribution in [3.05, 3.63) is 163 Å². The molecule has 358 valence electrons. The minimum absolute atomic E-state index is 0. The summed E-state index contributed by atoms with van der Waals surface area (Å²) >= 11 is 2.83. The van der Waals surface area contributed by atoms with E-state index in [1.54, 1.807) is 60.7 Å². The van der Waals surface area contributed by atoms with Crippen LogP contribution in [0.1, 0.15) is 94.0 Å². The van der Waals surface area contributed by atoms with Crippen LogP contribution < -0.4 is 127 Å². The second kappa shape index (κ2) is 19.0. The van der Waals surface area contributed by atoms with Crippen molar-refractivity contribution in [3.8, 4) is 42.8 Å². The minimum Gasteiger partial charge on any atom is -0.652 e. The number of imide groups is 2. The van der Waals surface area contributed by atoms with Gasteiger partial charge in [0.15, 0.2) is 12.6 Å². The van der Waals surface area contributed by atoms with Gasteiger partial charge in [-0.3, -0.25) is 39.4 Å². The fourth-order valence-corrected chi connectivity index (χ4v) is 14.2. The Morgan fingerprint density at radius 2 is 0.846 bits per heavy atom. The van der Waals surface area contributed by atoms with Crippen molar-refractivity contribution in [3.63, 3.8) is 0 Å². The molecule has 0 spiro atoms. The van der Waals surface area contributed by atoms with Crippen molar-refractivity contribution in [2.45, 2.75) is 0 Å². The molecule has 14 nitrogen and oxygen atoms in total. The van der Waals surface area contributed by atoms with E-state index in [0.29, 0.717) is 120 Å². The Morgan fingerprint density at radius 3 is 1.40 bits per heavy atom. The molecule has 12 aromatic rings. The number of nitriles is 2. The maximum Gasteiger partial charge on any atom is 1.00 e. The average molecular weight is 1190 g/mol. The number of nitrogens with one attached hydrogen (secondary N) is 2. The van der Waals surface area contributed by atoms with Crippen LogP contribution in [0.15, 0.2) is 97.1 Å². The van der Waals surface area contributed by atoms with Crippen LogP contribution in [0.25, 0.3) is 127 Å². The molecule has 0 saturated carbocycles. The van der Waals surface area contributed by atoms with Gasteiger partial charge in [-0.2, -0.15) is 10.5 Å². The molecular formula is C60H26N6O8Rb2S2. The number of benzene rings is 10. The maximum absolute atomic E-state index is 13.9. The quantitative estimate of drug-likeness (QED) is 0.0777. The number of nitrogens with zero attached hydrogens (tertiary/aromatic N) is 4. The first-order valence-corrected chi connectivity index (χ1v) is 25.0. The molecule has 0 atom stereocenters. The van der Waals surface area contributed by atoms with Gasteiger partial charge >= 0.3 is 116 Å². The first-order valence-electron chi connectivity index (χ1n) is 23.4. The van der Waals surface area contributed by atoms with E-state index in [9.17, 15) is 48.9 Å². The zero-order valence-electron chi connectivity index (χ0n) is 41.3. The zero-order chi connectivity index (χ0) is 52.3. The molecule has 10 aromatic carbocycles. The molecule has 0 unspecified atom stereocenters. The Labute approximate surface area is 545 Å². The molecule has 2 aromatic heterocycles. The Bertz CT molecular complexity index is 4990. The van der Waals surface area contributed by atoms with Gasteiger partial charge < -0.3 is 20.2 Å². The maximum atomic E-state index is 13.9. The third-order valence-corrected chi connectivity index (χ3v) is 17.5. The number of aldehydes is 2. The molecule has 14 rings (SSSR count). The van der Waals surface area contributed by atoms with Gasteiger partial charge in [-0.15, -0.1) is 36.8 Å². The van der Waals surface area contributed by atoms with Crippen molar-refractivity contribution < 1.29 is 155 Å². The molecule has 0 saturated heterocycles. The zero-order valence-corrected chi connectivity index (χ0v) is 52.7. The Morgan fingerprint density at radius 1 is 0.423 bits per heavy atom. The topological polar surface area (TPSA) is 236 Å². The number of fused-ring (bicyclic) bond motifs is 4. The van der Waals surface area contributed by atoms with Crippen LogP contribution in [0.5, 0.6) is 0 Å². The Hall–Kier alpha value is -6.65. The van der Waals surface area contributed by atoms with Crippen LogP contribution in [-0.4, -0.2) is 62.1 Å². The summed E-state index contributed by atoms with van der Waals surface area (Å²) in [4.78, 5) is 110. The molecule has 2 aliphatic heterocycles. The number of hydrogen-bond donors (Lipinski definition) is 2. The fourth-order valence-electron chi connectivity index (χ4n) is 12.1. The van der Waals surface area contributed by atoms with Gasteiger partial charge in [-0.1, -0.05) is 36.4 Å². The molecular weight excluding hydrogens is 1170 g/mol. The van der Waals surface area contributed by atoms with Gasteiger partial charge in [-0.05, 0) is 104 Å². The van der Waals surface area contributed by atoms with E-state index in [4.69, 9.17) is 0 Å². The van der Waals surface area contributed by atoms with E-state index >= 15 is 0 Å². The van der Waals surface area contributed by atoms with Crippen LogP contribution in [0.2, 0.25) is 0 Å². The molecule has 0 aliphatic carbocycles. The summed E-state index contributed by atoms with van der Waals surface area (Å²) in [7, 11) is 2.71. The van der Waals surface area contributed by atoms with Gasteiger partial charge in [0.25, 0.3) is 23.6 Å². The standard InChI is InChI=1S/C60H28N6O8S2.2Rb/c1-63-55(69)31-8-6-29-47-27(4-3-23(21-67)43(31)47)45-25(20-62)16-37-52-38(60(74)66-59(37)73)18-35(50(29)54(45)52)40-12-14-42(76-40)41-13-11-39(75-41)34-17-26(22-68)46-36(56(70)64-2)15-24(19-61)44-28-5-9-32-51-33(58(72)65-57(32)71)10-7-30(48(28)51)49(34)53(44)46;;/h3-18,21-22H,1-2H3,(H4,63,64,65,66,69,70,71,72,73,74);;/q;2*+1/p-2. The van der Waals surface area contributed by atoms with Crippen LogP contribution in [0.3, 0.4) is 0 Å². The summed E-state index contributed by atoms with van der Waals surface area (Å²) < 4.78 is 0. The third-order valence-electron chi connectivity index (χ3n) is 15.1. The number of hydrogen-bond acceptors (Lipinski definition) is 12. The summed E-state index contributed by atoms with van der Waals surface area (Å²) in [6.45, 7) is 0. The number of thiophene rings is 2. The molecule has 78 heavy (non-hydrogen) atoms. The summed E-state index contributed by atoms with van der Waals surface area (Å²) in [6, 6.07) is 32.1. The van der Waals surface area contributed by atoms with Crippen molar-refractivity contribution in [2.75, 3.05) is 14.1 Å². The Balaban J connectivity index is 0.00000305. The molecule has 2 aliphatic rings. The summed E-state index contributed by atoms with van der Waals surface area (Å²) in [5.41, 5.74) is 3.11. The predicted molar refractivity (Wildman–Crippen MR) is 292 cm³/mol. The minimum atomic E-state index is -0.649. The summed E-state index contributed by atoms with van der Waals surface area (Å²) in [5, 5.41) is 42.2. The third kappa shape index (κ3) is 6.99. The van der Waals surface area contributed by atoms with Crippen LogP contribution >= 0.6 is 22.7 Å². The fraction of sp³-hybridized carbons (Fsp3) is 0.0333. The van der Waals surface area contributed by atoms with Gasteiger partial charge in [0.1, 0.15) is 0 Å². The first-order chi connectivity index (χ1) is 36.9. The summed E-state index contributed by atoms with van der Waals surface area (Å²) in [5.74, 6) is -3.57. The van der Waals surface area contributed by atoms with Crippen LogP contribution in [0, 0.1) is 22.7 Å². The average Bonchev–Trinajstić information content (AvgIpc) is 2.86. The Kier molecular flexibility index (Phi) is 12.7. The van der Waals surface area contributed by atoms with Crippen molar-refractivity contribution >= 4 is 157 Å². The largest absolute Gasteiger partial charge is 1.00 e. The number of rotatable bonds is 7. The predicted octanol–water partition coefficient (Wildman–Crippen LogP) is 6.34. The molecule has 0 bridgehead atoms. The molecule has 0 fully saturated rings. The van der Waals surface area contributed by atoms with Gasteiger partial charge in [0.2, 0.25) is 0 Å². The second-order valence-corrected chi connectivity index (χ2v) is 20.7. The number of amides is 6.